The minimum absolute atomic E-state index is 0.0794. The molecule has 2 N–H and O–H groups in total. The Bertz CT molecular complexity index is 803. The molecule has 2 atom stereocenters. The molecule has 9 heteroatoms. The average Bonchev–Trinajstić information content (AvgIpc) is 3.23. The van der Waals surface area contributed by atoms with E-state index in [1.807, 2.05) is 6.07 Å². The monoisotopic (exact) mass is 404 g/mol. The molecule has 4 amide bonds. The van der Waals surface area contributed by atoms with Gasteiger partial charge in [-0.1, -0.05) is 6.07 Å². The highest BCUT2D eigenvalue weighted by Crippen LogP contribution is 2.27. The van der Waals surface area contributed by atoms with Crippen molar-refractivity contribution in [3.05, 3.63) is 23.8 Å². The third-order valence-corrected chi connectivity index (χ3v) is 5.02. The van der Waals surface area contributed by atoms with Gasteiger partial charge in [0.05, 0.1) is 14.2 Å². The lowest BCUT2D eigenvalue weighted by Crippen LogP contribution is -2.75. The van der Waals surface area contributed by atoms with E-state index in [4.69, 9.17) is 14.2 Å². The first-order valence-corrected chi connectivity index (χ1v) is 9.59. The summed E-state index contributed by atoms with van der Waals surface area (Å²) >= 11 is 0. The molecule has 0 unspecified atom stereocenters. The van der Waals surface area contributed by atoms with Crippen LogP contribution in [0.3, 0.4) is 0 Å². The van der Waals surface area contributed by atoms with Crippen LogP contribution in [0.4, 0.5) is 4.79 Å². The molecule has 0 bridgehead atoms. The number of hydrogen-bond acceptors (Lipinski definition) is 6. The van der Waals surface area contributed by atoms with Crippen molar-refractivity contribution in [2.24, 2.45) is 5.92 Å². The van der Waals surface area contributed by atoms with Gasteiger partial charge in [0, 0.05) is 13.2 Å². The van der Waals surface area contributed by atoms with Gasteiger partial charge in [-0.05, 0) is 37.0 Å². The minimum Gasteiger partial charge on any atom is -0.493 e. The maximum Gasteiger partial charge on any atom is 0.330 e. The van der Waals surface area contributed by atoms with E-state index in [-0.39, 0.29) is 12.6 Å². The van der Waals surface area contributed by atoms with Gasteiger partial charge < -0.3 is 14.2 Å². The number of barbiturate groups is 1. The molecule has 2 aliphatic heterocycles. The zero-order chi connectivity index (χ0) is 20.8. The maximum absolute atomic E-state index is 12.7. The van der Waals surface area contributed by atoms with Crippen LogP contribution < -0.4 is 19.8 Å². The van der Waals surface area contributed by atoms with Gasteiger partial charge in [-0.15, -0.1) is 0 Å². The van der Waals surface area contributed by atoms with Gasteiger partial charge in [-0.25, -0.2) is 9.79 Å². The summed E-state index contributed by atoms with van der Waals surface area (Å²) in [5, 5.41) is 2.25. The van der Waals surface area contributed by atoms with E-state index >= 15 is 0 Å². The molecule has 0 aromatic heterocycles. The first kappa shape index (κ1) is 20.8. The Morgan fingerprint density at radius 3 is 2.72 bits per heavy atom. The van der Waals surface area contributed by atoms with Crippen molar-refractivity contribution in [3.63, 3.8) is 0 Å². The van der Waals surface area contributed by atoms with Crippen LogP contribution in [0, 0.1) is 5.92 Å². The van der Waals surface area contributed by atoms with Gasteiger partial charge in [0.1, 0.15) is 6.10 Å². The van der Waals surface area contributed by atoms with E-state index in [1.54, 1.807) is 26.4 Å². The van der Waals surface area contributed by atoms with Gasteiger partial charge >= 0.3 is 6.03 Å². The highest BCUT2D eigenvalue weighted by Gasteiger charge is 2.41. The molecular weight excluding hydrogens is 378 g/mol. The van der Waals surface area contributed by atoms with Crippen molar-refractivity contribution in [1.29, 1.82) is 0 Å². The molecule has 1 aromatic carbocycles. The summed E-state index contributed by atoms with van der Waals surface area (Å²) in [5.74, 6) is -1.06. The Hall–Kier alpha value is -2.94. The number of carbonyl (C=O) groups is 3. The predicted molar refractivity (Wildman–Crippen MR) is 103 cm³/mol. The topological polar surface area (TPSA) is 108 Å². The number of benzene rings is 1. The van der Waals surface area contributed by atoms with Crippen molar-refractivity contribution in [2.45, 2.75) is 25.4 Å². The Morgan fingerprint density at radius 2 is 2.03 bits per heavy atom. The third kappa shape index (κ3) is 4.92. The summed E-state index contributed by atoms with van der Waals surface area (Å²) in [6, 6.07) is 4.69. The zero-order valence-electron chi connectivity index (χ0n) is 16.6. The number of hydrogen-bond donors (Lipinski definition) is 2. The quantitative estimate of drug-likeness (QED) is 0.437. The van der Waals surface area contributed by atoms with Crippen LogP contribution in [0.2, 0.25) is 0 Å². The van der Waals surface area contributed by atoms with Crippen LogP contribution in [0.15, 0.2) is 18.2 Å². The molecule has 0 spiro atoms. The first-order valence-electron chi connectivity index (χ1n) is 9.59. The first-order chi connectivity index (χ1) is 14.0. The van der Waals surface area contributed by atoms with Crippen molar-refractivity contribution in [3.8, 4) is 11.5 Å². The second-order valence-corrected chi connectivity index (χ2v) is 6.91. The lowest BCUT2D eigenvalue weighted by molar-refractivity contribution is -0.465. The van der Waals surface area contributed by atoms with Gasteiger partial charge in [0.15, 0.2) is 30.2 Å². The lowest BCUT2D eigenvalue weighted by atomic mass is 10.1. The van der Waals surface area contributed by atoms with Gasteiger partial charge in [-0.3, -0.25) is 19.8 Å². The molecule has 2 fully saturated rings. The van der Waals surface area contributed by atoms with E-state index in [2.05, 4.69) is 10.3 Å². The number of imide groups is 2. The van der Waals surface area contributed by atoms with E-state index in [0.29, 0.717) is 24.5 Å². The van der Waals surface area contributed by atoms with Crippen molar-refractivity contribution >= 4 is 24.1 Å². The fraction of sp³-hybridized carbons (Fsp3) is 0.500. The average molecular weight is 404 g/mol. The van der Waals surface area contributed by atoms with Crippen LogP contribution in [0.5, 0.6) is 11.5 Å². The standard InChI is InChI=1S/C20H25N3O6/c1-27-16-6-5-13(10-17(16)28-2)7-8-23-19(25)15(18(24)22-20(23)26)12-21-11-14-4-3-9-29-14/h5-6,10,12,14-15H,3-4,7-9,11H2,1-2H3,(H,22,24,26)/p+1/t14-,15+/m0/s1. The fourth-order valence-corrected chi connectivity index (χ4v) is 3.39. The van der Waals surface area contributed by atoms with Crippen LogP contribution in [-0.4, -0.2) is 69.0 Å². The fourth-order valence-electron chi connectivity index (χ4n) is 3.39. The number of ether oxygens (including phenoxy) is 3. The second-order valence-electron chi connectivity index (χ2n) is 6.91. The van der Waals surface area contributed by atoms with Crippen molar-refractivity contribution < 1.29 is 33.6 Å². The number of nitrogens with one attached hydrogen (secondary N) is 2. The summed E-state index contributed by atoms with van der Waals surface area (Å²) in [4.78, 5) is 41.0. The Labute approximate surface area is 169 Å². The van der Waals surface area contributed by atoms with Gasteiger partial charge in [0.25, 0.3) is 11.8 Å². The van der Waals surface area contributed by atoms with Crippen molar-refractivity contribution in [1.82, 2.24) is 10.2 Å². The number of nitrogens with zero attached hydrogens (tertiary/aromatic N) is 1. The third-order valence-electron chi connectivity index (χ3n) is 5.02. The van der Waals surface area contributed by atoms with Crippen molar-refractivity contribution in [2.75, 3.05) is 33.9 Å². The van der Waals surface area contributed by atoms with Crippen LogP contribution in [0.25, 0.3) is 0 Å². The zero-order valence-corrected chi connectivity index (χ0v) is 16.6. The molecule has 29 heavy (non-hydrogen) atoms. The number of methoxy groups -OCH3 is 2. The van der Waals surface area contributed by atoms with E-state index in [0.717, 1.165) is 29.9 Å². The SMILES string of the molecule is COc1ccc(CCN2C(=O)NC(=O)[C@@H](C=[NH+]C[C@@H]3CCCO3)C2=O)cc1OC. The van der Waals surface area contributed by atoms with Crippen LogP contribution in [0.1, 0.15) is 18.4 Å². The molecule has 9 nitrogen and oxygen atoms in total. The number of amides is 4. The molecule has 2 aliphatic rings. The van der Waals surface area contributed by atoms with E-state index in [1.165, 1.54) is 6.21 Å². The van der Waals surface area contributed by atoms with Gasteiger partial charge in [-0.2, -0.15) is 0 Å². The smallest absolute Gasteiger partial charge is 0.330 e. The number of rotatable bonds is 8. The summed E-state index contributed by atoms with van der Waals surface area (Å²) in [7, 11) is 3.09. The largest absolute Gasteiger partial charge is 0.493 e. The summed E-state index contributed by atoms with van der Waals surface area (Å²) < 4.78 is 16.0. The molecule has 156 valence electrons. The summed E-state index contributed by atoms with van der Waals surface area (Å²) in [6.45, 7) is 1.40. The molecule has 0 aliphatic carbocycles. The van der Waals surface area contributed by atoms with E-state index < -0.39 is 23.8 Å². The van der Waals surface area contributed by atoms with E-state index in [9.17, 15) is 14.4 Å². The van der Waals surface area contributed by atoms with Crippen LogP contribution >= 0.6 is 0 Å². The lowest BCUT2D eigenvalue weighted by Gasteiger charge is -2.27. The normalized spacial score (nSPS) is 22.3. The second kappa shape index (κ2) is 9.51. The van der Waals surface area contributed by atoms with Crippen LogP contribution in [-0.2, 0) is 20.7 Å². The maximum atomic E-state index is 12.7. The molecule has 2 heterocycles. The Morgan fingerprint density at radius 1 is 1.24 bits per heavy atom. The summed E-state index contributed by atoms with van der Waals surface area (Å²) in [5.41, 5.74) is 0.872. The predicted octanol–water partition coefficient (Wildman–Crippen LogP) is -0.729. The molecule has 0 saturated carbocycles. The highest BCUT2D eigenvalue weighted by atomic mass is 16.5. The number of urea groups is 1. The summed E-state index contributed by atoms with van der Waals surface area (Å²) in [6.07, 6.45) is 3.89. The van der Waals surface area contributed by atoms with Gasteiger partial charge in [0.2, 0.25) is 0 Å². The Balaban J connectivity index is 1.63. The molecule has 3 rings (SSSR count). The molecule has 2 saturated heterocycles. The minimum atomic E-state index is -1.06. The number of carbonyl (C=O) groups excluding carboxylic acids is 3. The Kier molecular flexibility index (Phi) is 6.82. The molecule has 1 aromatic rings. The highest BCUT2D eigenvalue weighted by molar-refractivity contribution is 6.22. The molecular formula is C20H26N3O6+. The molecule has 0 radical (unpaired) electrons.